The summed E-state index contributed by atoms with van der Waals surface area (Å²) in [6.45, 7) is 6.56. The average Bonchev–Trinajstić information content (AvgIpc) is 2.84. The Labute approximate surface area is 206 Å². The number of aryl methyl sites for hydroxylation is 2. The molecule has 2 aliphatic rings. The van der Waals surface area contributed by atoms with Crippen LogP contribution in [-0.4, -0.2) is 58.7 Å². The number of hydrogen-bond acceptors (Lipinski definition) is 6. The van der Waals surface area contributed by atoms with E-state index in [2.05, 4.69) is 10.3 Å². The molecule has 0 radical (unpaired) electrons. The molecule has 1 amide bonds. The predicted molar refractivity (Wildman–Crippen MR) is 135 cm³/mol. The summed E-state index contributed by atoms with van der Waals surface area (Å²) in [4.78, 5) is 44.9. The Bertz CT molecular complexity index is 1080. The van der Waals surface area contributed by atoms with Crippen LogP contribution in [0.25, 0.3) is 11.3 Å². The second kappa shape index (κ2) is 10.3. The third kappa shape index (κ3) is 5.15. The Morgan fingerprint density at radius 1 is 1.06 bits per heavy atom. The minimum atomic E-state index is -0.994. The van der Waals surface area contributed by atoms with E-state index >= 15 is 0 Å². The molecule has 4 rings (SSSR count). The zero-order valence-corrected chi connectivity index (χ0v) is 21.0. The molecule has 1 aromatic heterocycles. The summed E-state index contributed by atoms with van der Waals surface area (Å²) in [5, 5.41) is 12.6. The monoisotopic (exact) mass is 477 g/mol. The van der Waals surface area contributed by atoms with Crippen molar-refractivity contribution in [1.82, 2.24) is 9.88 Å². The third-order valence-electron chi connectivity index (χ3n) is 7.68. The lowest BCUT2D eigenvalue weighted by molar-refractivity contribution is -0.142. The normalized spacial score (nSPS) is 22.3. The van der Waals surface area contributed by atoms with E-state index in [1.807, 2.05) is 45.2 Å². The smallest absolute Gasteiger partial charge is 0.251 e. The van der Waals surface area contributed by atoms with Crippen LogP contribution in [-0.2, 0) is 14.4 Å². The molecule has 0 spiro atoms. The molecule has 7 heteroatoms. The highest BCUT2D eigenvalue weighted by atomic mass is 16.3. The fraction of sp³-hybridized carbons (Fsp3) is 0.500. The number of aromatic nitrogens is 1. The lowest BCUT2D eigenvalue weighted by Crippen LogP contribution is -2.45. The number of rotatable bonds is 5. The van der Waals surface area contributed by atoms with Crippen LogP contribution in [0.2, 0.25) is 0 Å². The summed E-state index contributed by atoms with van der Waals surface area (Å²) in [5.41, 5.74) is 5.48. The van der Waals surface area contributed by atoms with Crippen LogP contribution in [0.3, 0.4) is 0 Å². The number of hydrogen-bond donors (Lipinski definition) is 2. The van der Waals surface area contributed by atoms with Crippen LogP contribution in [0.4, 0.5) is 5.69 Å². The van der Waals surface area contributed by atoms with Crippen LogP contribution in [0, 0.1) is 25.7 Å². The SMILES string of the molecule is CNc1ccc(-c2cc(C)c(C3C(=O)CC(C4CCN(C(=O)C(C)O)CC4)CC3=O)c(C)c2)nc1. The molecule has 0 bridgehead atoms. The first-order chi connectivity index (χ1) is 16.7. The maximum atomic E-state index is 13.3. The van der Waals surface area contributed by atoms with Crippen molar-refractivity contribution in [2.24, 2.45) is 11.8 Å². The number of ketones is 2. The second-order valence-electron chi connectivity index (χ2n) is 10.1. The first kappa shape index (κ1) is 25.0. The van der Waals surface area contributed by atoms with Gasteiger partial charge in [-0.3, -0.25) is 19.4 Å². The molecular formula is C28H35N3O4. The molecule has 1 saturated heterocycles. The number of benzene rings is 1. The Hall–Kier alpha value is -3.06. The number of pyridine rings is 1. The number of piperidine rings is 1. The van der Waals surface area contributed by atoms with Gasteiger partial charge in [-0.25, -0.2) is 0 Å². The molecule has 2 N–H and O–H groups in total. The van der Waals surface area contributed by atoms with E-state index in [-0.39, 0.29) is 29.3 Å². The molecule has 1 unspecified atom stereocenters. The zero-order valence-electron chi connectivity index (χ0n) is 21.0. The summed E-state index contributed by atoms with van der Waals surface area (Å²) in [7, 11) is 1.85. The third-order valence-corrected chi connectivity index (χ3v) is 7.68. The summed E-state index contributed by atoms with van der Waals surface area (Å²) in [6, 6.07) is 7.97. The van der Waals surface area contributed by atoms with Crippen molar-refractivity contribution in [2.75, 3.05) is 25.5 Å². The largest absolute Gasteiger partial charge is 0.387 e. The maximum absolute atomic E-state index is 13.3. The predicted octanol–water partition coefficient (Wildman–Crippen LogP) is 3.66. The first-order valence-corrected chi connectivity index (χ1v) is 12.5. The first-order valence-electron chi connectivity index (χ1n) is 12.5. The molecular weight excluding hydrogens is 442 g/mol. The molecule has 1 aromatic carbocycles. The number of nitrogens with one attached hydrogen (secondary N) is 1. The molecule has 1 saturated carbocycles. The Balaban J connectivity index is 1.48. The molecule has 1 aliphatic carbocycles. The van der Waals surface area contributed by atoms with Gasteiger partial charge in [0.1, 0.15) is 23.6 Å². The Kier molecular flexibility index (Phi) is 7.36. The number of carbonyl (C=O) groups is 3. The van der Waals surface area contributed by atoms with Gasteiger partial charge >= 0.3 is 0 Å². The minimum Gasteiger partial charge on any atom is -0.387 e. The van der Waals surface area contributed by atoms with Crippen LogP contribution in [0.15, 0.2) is 30.5 Å². The van der Waals surface area contributed by atoms with Gasteiger partial charge in [0.25, 0.3) is 5.91 Å². The van der Waals surface area contributed by atoms with Gasteiger partial charge in [0.15, 0.2) is 0 Å². The van der Waals surface area contributed by atoms with Crippen molar-refractivity contribution in [1.29, 1.82) is 0 Å². The molecule has 1 aliphatic heterocycles. The van der Waals surface area contributed by atoms with Crippen LogP contribution in [0.5, 0.6) is 0 Å². The maximum Gasteiger partial charge on any atom is 0.251 e. The standard InChI is InChI=1S/C28H35N3O4/c1-16-11-21(23-6-5-22(29-4)15-30-23)12-17(2)26(16)27-24(33)13-20(14-25(27)34)19-7-9-31(10-8-19)28(35)18(3)32/h5-6,11-12,15,18-20,27,29,32H,7-10,13-14H2,1-4H3. The number of nitrogens with zero attached hydrogens (tertiary/aromatic N) is 2. The highest BCUT2D eigenvalue weighted by Crippen LogP contribution is 2.40. The average molecular weight is 478 g/mol. The topological polar surface area (TPSA) is 99.6 Å². The molecule has 1 atom stereocenters. The van der Waals surface area contributed by atoms with Crippen LogP contribution >= 0.6 is 0 Å². The number of Topliss-reactive ketones (excluding diaryl/α,β-unsaturated/α-hetero) is 2. The van der Waals surface area contributed by atoms with Crippen molar-refractivity contribution in [3.63, 3.8) is 0 Å². The highest BCUT2D eigenvalue weighted by Gasteiger charge is 2.41. The molecule has 2 aromatic rings. The van der Waals surface area contributed by atoms with E-state index in [1.54, 1.807) is 11.1 Å². The van der Waals surface area contributed by atoms with Gasteiger partial charge in [-0.2, -0.15) is 0 Å². The highest BCUT2D eigenvalue weighted by molar-refractivity contribution is 6.10. The van der Waals surface area contributed by atoms with E-state index in [0.717, 1.165) is 46.5 Å². The van der Waals surface area contributed by atoms with Crippen molar-refractivity contribution in [3.8, 4) is 11.3 Å². The molecule has 2 fully saturated rings. The van der Waals surface area contributed by atoms with E-state index in [9.17, 15) is 19.5 Å². The summed E-state index contributed by atoms with van der Waals surface area (Å²) in [5.74, 6) is -0.657. The van der Waals surface area contributed by atoms with Crippen molar-refractivity contribution >= 4 is 23.2 Å². The fourth-order valence-corrected chi connectivity index (χ4v) is 5.81. The Morgan fingerprint density at radius 3 is 2.14 bits per heavy atom. The summed E-state index contributed by atoms with van der Waals surface area (Å²) in [6.07, 6.45) is 3.12. The molecule has 2 heterocycles. The number of anilines is 1. The van der Waals surface area contributed by atoms with Gasteiger partial charge in [0.05, 0.1) is 17.6 Å². The molecule has 7 nitrogen and oxygen atoms in total. The second-order valence-corrected chi connectivity index (χ2v) is 10.1. The zero-order chi connectivity index (χ0) is 25.3. The lowest BCUT2D eigenvalue weighted by Gasteiger charge is -2.38. The van der Waals surface area contributed by atoms with E-state index < -0.39 is 12.0 Å². The molecule has 186 valence electrons. The lowest BCUT2D eigenvalue weighted by atomic mass is 9.69. The van der Waals surface area contributed by atoms with Crippen molar-refractivity contribution < 1.29 is 19.5 Å². The molecule has 35 heavy (non-hydrogen) atoms. The quantitative estimate of drug-likeness (QED) is 0.638. The van der Waals surface area contributed by atoms with E-state index in [4.69, 9.17) is 0 Å². The minimum absolute atomic E-state index is 0.00387. The van der Waals surface area contributed by atoms with Gasteiger partial charge in [0.2, 0.25) is 0 Å². The fourth-order valence-electron chi connectivity index (χ4n) is 5.81. The van der Waals surface area contributed by atoms with Crippen LogP contribution < -0.4 is 5.32 Å². The van der Waals surface area contributed by atoms with Crippen molar-refractivity contribution in [2.45, 2.75) is 58.5 Å². The van der Waals surface area contributed by atoms with Crippen molar-refractivity contribution in [3.05, 3.63) is 47.2 Å². The van der Waals surface area contributed by atoms with Gasteiger partial charge in [-0.15, -0.1) is 0 Å². The van der Waals surface area contributed by atoms with Gasteiger partial charge < -0.3 is 15.3 Å². The van der Waals surface area contributed by atoms with Crippen LogP contribution in [0.1, 0.15) is 55.2 Å². The summed E-state index contributed by atoms with van der Waals surface area (Å²) >= 11 is 0. The number of amides is 1. The number of aliphatic hydroxyl groups is 1. The van der Waals surface area contributed by atoms with E-state index in [1.165, 1.54) is 6.92 Å². The van der Waals surface area contributed by atoms with Gasteiger partial charge in [-0.1, -0.05) is 0 Å². The van der Waals surface area contributed by atoms with Gasteiger partial charge in [0, 0.05) is 38.5 Å². The number of carbonyl (C=O) groups excluding carboxylic acids is 3. The number of aliphatic hydroxyl groups excluding tert-OH is 1. The van der Waals surface area contributed by atoms with E-state index in [0.29, 0.717) is 25.9 Å². The van der Waals surface area contributed by atoms with Gasteiger partial charge in [-0.05, 0) is 86.4 Å². The number of likely N-dealkylation sites (tertiary alicyclic amines) is 1. The Morgan fingerprint density at radius 2 is 1.66 bits per heavy atom. The summed E-state index contributed by atoms with van der Waals surface area (Å²) < 4.78 is 0.